The molecule has 1 aromatic rings. The lowest BCUT2D eigenvalue weighted by Crippen LogP contribution is -2.07. The van der Waals surface area contributed by atoms with Crippen LogP contribution in [-0.4, -0.2) is 9.78 Å². The highest BCUT2D eigenvalue weighted by Gasteiger charge is 2.20. The molecule has 0 saturated heterocycles. The average Bonchev–Trinajstić information content (AvgIpc) is 2.72. The fourth-order valence-electron chi connectivity index (χ4n) is 1.92. The van der Waals surface area contributed by atoms with Gasteiger partial charge in [-0.1, -0.05) is 12.8 Å². The largest absolute Gasteiger partial charge is 0.326 e. The highest BCUT2D eigenvalue weighted by atomic mass is 79.9. The van der Waals surface area contributed by atoms with Crippen LogP contribution in [0, 0.1) is 0 Å². The Hall–Kier alpha value is -0.350. The molecule has 1 fully saturated rings. The van der Waals surface area contributed by atoms with Gasteiger partial charge in [0.2, 0.25) is 0 Å². The number of hydrogen-bond acceptors (Lipinski definition) is 2. The fraction of sp³-hybridized carbons (Fsp3) is 0.667. The summed E-state index contributed by atoms with van der Waals surface area (Å²) in [6, 6.07) is 0.592. The molecule has 0 atom stereocenters. The number of halogens is 1. The van der Waals surface area contributed by atoms with Gasteiger partial charge in [0.1, 0.15) is 4.60 Å². The van der Waals surface area contributed by atoms with E-state index < -0.39 is 0 Å². The normalized spacial score (nSPS) is 18.3. The molecule has 0 aromatic carbocycles. The Balaban J connectivity index is 2.24. The Morgan fingerprint density at radius 3 is 2.77 bits per heavy atom. The van der Waals surface area contributed by atoms with E-state index in [0.29, 0.717) is 12.6 Å². The summed E-state index contributed by atoms with van der Waals surface area (Å²) in [6.45, 7) is 0.563. The van der Waals surface area contributed by atoms with E-state index >= 15 is 0 Å². The van der Waals surface area contributed by atoms with Gasteiger partial charge in [0, 0.05) is 12.1 Å². The van der Waals surface area contributed by atoms with Crippen molar-refractivity contribution in [3.8, 4) is 0 Å². The van der Waals surface area contributed by atoms with Crippen LogP contribution in [0.3, 0.4) is 0 Å². The molecule has 1 aromatic heterocycles. The van der Waals surface area contributed by atoms with Gasteiger partial charge in [-0.3, -0.25) is 4.68 Å². The lowest BCUT2D eigenvalue weighted by molar-refractivity contribution is 0.458. The molecule has 0 radical (unpaired) electrons. The van der Waals surface area contributed by atoms with Crippen LogP contribution in [-0.2, 0) is 6.54 Å². The van der Waals surface area contributed by atoms with Gasteiger partial charge in [-0.15, -0.1) is 0 Å². The number of aromatic nitrogens is 2. The van der Waals surface area contributed by atoms with Gasteiger partial charge in [0.25, 0.3) is 0 Å². The van der Waals surface area contributed by atoms with E-state index in [-0.39, 0.29) is 0 Å². The van der Waals surface area contributed by atoms with E-state index in [9.17, 15) is 0 Å². The van der Waals surface area contributed by atoms with Crippen molar-refractivity contribution in [2.24, 2.45) is 5.73 Å². The van der Waals surface area contributed by atoms with E-state index in [1.165, 1.54) is 25.7 Å². The zero-order valence-corrected chi connectivity index (χ0v) is 9.13. The highest BCUT2D eigenvalue weighted by molar-refractivity contribution is 9.10. The molecule has 1 aliphatic rings. The molecule has 0 aliphatic heterocycles. The van der Waals surface area contributed by atoms with Crippen LogP contribution in [0.5, 0.6) is 0 Å². The van der Waals surface area contributed by atoms with E-state index in [1.807, 2.05) is 6.20 Å². The Labute approximate surface area is 86.4 Å². The topological polar surface area (TPSA) is 43.8 Å². The molecule has 2 N–H and O–H groups in total. The summed E-state index contributed by atoms with van der Waals surface area (Å²) < 4.78 is 3.15. The SMILES string of the molecule is NCc1cnn(C2CCCC2)c1Br. The van der Waals surface area contributed by atoms with Crippen LogP contribution < -0.4 is 5.73 Å². The van der Waals surface area contributed by atoms with Crippen molar-refractivity contribution in [3.63, 3.8) is 0 Å². The van der Waals surface area contributed by atoms with Crippen molar-refractivity contribution >= 4 is 15.9 Å². The highest BCUT2D eigenvalue weighted by Crippen LogP contribution is 2.32. The van der Waals surface area contributed by atoms with Crippen LogP contribution in [0.25, 0.3) is 0 Å². The molecular weight excluding hydrogens is 230 g/mol. The van der Waals surface area contributed by atoms with E-state index in [2.05, 4.69) is 25.7 Å². The molecular formula is C9H14BrN3. The van der Waals surface area contributed by atoms with Crippen molar-refractivity contribution in [2.45, 2.75) is 38.3 Å². The Bertz CT molecular complexity index is 289. The molecule has 2 rings (SSSR count). The summed E-state index contributed by atoms with van der Waals surface area (Å²) >= 11 is 3.54. The van der Waals surface area contributed by atoms with Crippen molar-refractivity contribution in [1.29, 1.82) is 0 Å². The number of nitrogens with zero attached hydrogens (tertiary/aromatic N) is 2. The Morgan fingerprint density at radius 2 is 2.23 bits per heavy atom. The second-order valence-corrected chi connectivity index (χ2v) is 4.30. The van der Waals surface area contributed by atoms with Crippen molar-refractivity contribution in [1.82, 2.24) is 9.78 Å². The summed E-state index contributed by atoms with van der Waals surface area (Å²) in [5.41, 5.74) is 6.68. The molecule has 1 saturated carbocycles. The third-order valence-corrected chi connectivity index (χ3v) is 3.57. The predicted octanol–water partition coefficient (Wildman–Crippen LogP) is 2.22. The fourth-order valence-corrected chi connectivity index (χ4v) is 2.57. The van der Waals surface area contributed by atoms with Crippen LogP contribution >= 0.6 is 15.9 Å². The summed E-state index contributed by atoms with van der Waals surface area (Å²) in [4.78, 5) is 0. The second kappa shape index (κ2) is 3.80. The van der Waals surface area contributed by atoms with E-state index in [1.54, 1.807) is 0 Å². The monoisotopic (exact) mass is 243 g/mol. The number of hydrogen-bond donors (Lipinski definition) is 1. The average molecular weight is 244 g/mol. The maximum absolute atomic E-state index is 5.58. The summed E-state index contributed by atoms with van der Waals surface area (Å²) in [5.74, 6) is 0. The van der Waals surface area contributed by atoms with Crippen molar-refractivity contribution in [2.75, 3.05) is 0 Å². The Morgan fingerprint density at radius 1 is 1.54 bits per heavy atom. The van der Waals surface area contributed by atoms with Gasteiger partial charge >= 0.3 is 0 Å². The lowest BCUT2D eigenvalue weighted by atomic mass is 10.2. The minimum atomic E-state index is 0.563. The summed E-state index contributed by atoms with van der Waals surface area (Å²) in [5, 5.41) is 4.36. The standard InChI is InChI=1S/C9H14BrN3/c10-9-7(5-11)6-12-13(9)8-3-1-2-4-8/h6,8H,1-5,11H2. The molecule has 0 bridgehead atoms. The van der Waals surface area contributed by atoms with Crippen LogP contribution in [0.4, 0.5) is 0 Å². The van der Waals surface area contributed by atoms with Crippen LogP contribution in [0.2, 0.25) is 0 Å². The van der Waals surface area contributed by atoms with Gasteiger partial charge < -0.3 is 5.73 Å². The first kappa shape index (κ1) is 9.21. The number of rotatable bonds is 2. The zero-order chi connectivity index (χ0) is 9.26. The smallest absolute Gasteiger partial charge is 0.108 e. The van der Waals surface area contributed by atoms with Gasteiger partial charge in [0.05, 0.1) is 12.2 Å². The zero-order valence-electron chi connectivity index (χ0n) is 7.54. The molecule has 3 nitrogen and oxygen atoms in total. The van der Waals surface area contributed by atoms with Gasteiger partial charge in [-0.2, -0.15) is 5.10 Å². The molecule has 1 heterocycles. The first-order valence-corrected chi connectivity index (χ1v) is 5.54. The Kier molecular flexibility index (Phi) is 2.69. The minimum absolute atomic E-state index is 0.563. The van der Waals surface area contributed by atoms with E-state index in [0.717, 1.165) is 10.2 Å². The molecule has 0 spiro atoms. The second-order valence-electron chi connectivity index (χ2n) is 3.55. The maximum Gasteiger partial charge on any atom is 0.108 e. The van der Waals surface area contributed by atoms with E-state index in [4.69, 9.17) is 5.73 Å². The molecule has 1 aliphatic carbocycles. The quantitative estimate of drug-likeness (QED) is 0.866. The first-order valence-electron chi connectivity index (χ1n) is 4.75. The van der Waals surface area contributed by atoms with Gasteiger partial charge in [-0.05, 0) is 28.8 Å². The molecule has 0 unspecified atom stereocenters. The molecule has 72 valence electrons. The molecule has 0 amide bonds. The molecule has 13 heavy (non-hydrogen) atoms. The van der Waals surface area contributed by atoms with Gasteiger partial charge in [-0.25, -0.2) is 0 Å². The van der Waals surface area contributed by atoms with Crippen LogP contribution in [0.1, 0.15) is 37.3 Å². The maximum atomic E-state index is 5.58. The van der Waals surface area contributed by atoms with Crippen molar-refractivity contribution in [3.05, 3.63) is 16.4 Å². The molecule has 4 heteroatoms. The predicted molar refractivity (Wildman–Crippen MR) is 55.3 cm³/mol. The van der Waals surface area contributed by atoms with Crippen molar-refractivity contribution < 1.29 is 0 Å². The lowest BCUT2D eigenvalue weighted by Gasteiger charge is -2.11. The van der Waals surface area contributed by atoms with Crippen LogP contribution in [0.15, 0.2) is 10.8 Å². The summed E-state index contributed by atoms with van der Waals surface area (Å²) in [6.07, 6.45) is 7.03. The first-order chi connectivity index (χ1) is 6.33. The minimum Gasteiger partial charge on any atom is -0.326 e. The summed E-state index contributed by atoms with van der Waals surface area (Å²) in [7, 11) is 0. The third kappa shape index (κ3) is 1.65. The third-order valence-electron chi connectivity index (χ3n) is 2.69. The van der Waals surface area contributed by atoms with Gasteiger partial charge in [0.15, 0.2) is 0 Å². The number of nitrogens with two attached hydrogens (primary N) is 1.